The summed E-state index contributed by atoms with van der Waals surface area (Å²) in [5.74, 6) is 6.11. The van der Waals surface area contributed by atoms with Crippen molar-refractivity contribution in [2.45, 2.75) is 12.1 Å². The average molecular weight is 175 g/mol. The summed E-state index contributed by atoms with van der Waals surface area (Å²) in [6.07, 6.45) is 0. The van der Waals surface area contributed by atoms with Gasteiger partial charge >= 0.3 is 0 Å². The van der Waals surface area contributed by atoms with Gasteiger partial charge in [0, 0.05) is 12.7 Å². The highest BCUT2D eigenvalue weighted by molar-refractivity contribution is 7.99. The molecule has 6 heteroatoms. The fourth-order valence-corrected chi connectivity index (χ4v) is 1.15. The van der Waals surface area contributed by atoms with Crippen molar-refractivity contribution < 1.29 is 9.25 Å². The molecule has 0 atom stereocenters. The second kappa shape index (κ2) is 4.32. The molecule has 0 aliphatic rings. The number of rotatable bonds is 4. The van der Waals surface area contributed by atoms with Crippen LogP contribution in [0.5, 0.6) is 0 Å². The first-order valence-corrected chi connectivity index (χ1v) is 4.06. The molecule has 0 amide bonds. The van der Waals surface area contributed by atoms with Crippen LogP contribution in [0.1, 0.15) is 5.89 Å². The summed E-state index contributed by atoms with van der Waals surface area (Å²) >= 11 is 1.42. The zero-order valence-corrected chi connectivity index (χ0v) is 6.93. The lowest BCUT2D eigenvalue weighted by molar-refractivity contribution is 0.154. The zero-order valence-electron chi connectivity index (χ0n) is 6.11. The highest BCUT2D eigenvalue weighted by Crippen LogP contribution is 2.14. The quantitative estimate of drug-likeness (QED) is 0.404. The molecule has 0 unspecified atom stereocenters. The van der Waals surface area contributed by atoms with Crippen LogP contribution in [-0.4, -0.2) is 22.6 Å². The van der Waals surface area contributed by atoms with Crippen molar-refractivity contribution in [1.29, 1.82) is 0 Å². The first kappa shape index (κ1) is 8.51. The Morgan fingerprint density at radius 2 is 2.45 bits per heavy atom. The van der Waals surface area contributed by atoms with Gasteiger partial charge in [-0.15, -0.1) is 10.2 Å². The second-order valence-corrected chi connectivity index (χ2v) is 2.85. The van der Waals surface area contributed by atoms with Gasteiger partial charge in [-0.2, -0.15) is 0 Å². The fourth-order valence-electron chi connectivity index (χ4n) is 0.514. The third-order valence-corrected chi connectivity index (χ3v) is 1.72. The maximum atomic E-state index is 5.07. The minimum absolute atomic E-state index is 0.478. The Balaban J connectivity index is 2.27. The zero-order chi connectivity index (χ0) is 8.10. The van der Waals surface area contributed by atoms with Crippen LogP contribution in [0.25, 0.3) is 0 Å². The monoisotopic (exact) mass is 175 g/mol. The molecule has 1 aromatic heterocycles. The number of nitrogens with two attached hydrogens (primary N) is 1. The van der Waals surface area contributed by atoms with Crippen LogP contribution in [0.2, 0.25) is 0 Å². The highest BCUT2D eigenvalue weighted by atomic mass is 32.2. The van der Waals surface area contributed by atoms with E-state index in [1.54, 1.807) is 6.92 Å². The Hall–Kier alpha value is -0.590. The van der Waals surface area contributed by atoms with Gasteiger partial charge in [-0.25, -0.2) is 5.90 Å². The van der Waals surface area contributed by atoms with Gasteiger partial charge in [0.25, 0.3) is 5.22 Å². The summed E-state index contributed by atoms with van der Waals surface area (Å²) in [4.78, 5) is 4.36. The largest absolute Gasteiger partial charge is 0.416 e. The minimum atomic E-state index is 0.478. The molecular formula is C5H9N3O2S. The molecule has 1 aromatic rings. The summed E-state index contributed by atoms with van der Waals surface area (Å²) in [5.41, 5.74) is 0. The van der Waals surface area contributed by atoms with Crippen LogP contribution in [0.15, 0.2) is 9.64 Å². The Morgan fingerprint density at radius 3 is 3.00 bits per heavy atom. The Kier molecular flexibility index (Phi) is 3.34. The summed E-state index contributed by atoms with van der Waals surface area (Å²) in [7, 11) is 0. The molecule has 2 N–H and O–H groups in total. The van der Waals surface area contributed by atoms with E-state index in [-0.39, 0.29) is 0 Å². The second-order valence-electron chi connectivity index (χ2n) is 1.81. The van der Waals surface area contributed by atoms with Gasteiger partial charge in [0.1, 0.15) is 0 Å². The van der Waals surface area contributed by atoms with E-state index in [1.165, 1.54) is 11.8 Å². The number of hydrogen-bond donors (Lipinski definition) is 1. The van der Waals surface area contributed by atoms with Crippen molar-refractivity contribution in [3.05, 3.63) is 5.89 Å². The molecular weight excluding hydrogens is 166 g/mol. The third-order valence-electron chi connectivity index (χ3n) is 0.934. The van der Waals surface area contributed by atoms with E-state index >= 15 is 0 Å². The van der Waals surface area contributed by atoms with E-state index in [1.807, 2.05) is 0 Å². The first-order chi connectivity index (χ1) is 5.33. The van der Waals surface area contributed by atoms with Crippen molar-refractivity contribution in [3.8, 4) is 0 Å². The number of nitrogens with zero attached hydrogens (tertiary/aromatic N) is 2. The summed E-state index contributed by atoms with van der Waals surface area (Å²) in [5, 5.41) is 7.98. The molecule has 0 bridgehead atoms. The molecule has 1 heterocycles. The van der Waals surface area contributed by atoms with Gasteiger partial charge in [0.05, 0.1) is 6.61 Å². The van der Waals surface area contributed by atoms with E-state index in [9.17, 15) is 0 Å². The van der Waals surface area contributed by atoms with Crippen molar-refractivity contribution >= 4 is 11.8 Å². The van der Waals surface area contributed by atoms with Gasteiger partial charge in [-0.3, -0.25) is 0 Å². The molecule has 0 aromatic carbocycles. The summed E-state index contributed by atoms with van der Waals surface area (Å²) < 4.78 is 5.07. The summed E-state index contributed by atoms with van der Waals surface area (Å²) in [6, 6.07) is 0. The van der Waals surface area contributed by atoms with Crippen LogP contribution in [-0.2, 0) is 4.84 Å². The maximum Gasteiger partial charge on any atom is 0.276 e. The van der Waals surface area contributed by atoms with Crippen molar-refractivity contribution in [2.24, 2.45) is 5.90 Å². The molecule has 11 heavy (non-hydrogen) atoms. The van der Waals surface area contributed by atoms with Gasteiger partial charge < -0.3 is 9.25 Å². The Labute approximate surface area is 68.3 Å². The van der Waals surface area contributed by atoms with E-state index in [4.69, 9.17) is 10.3 Å². The number of thioether (sulfide) groups is 1. The highest BCUT2D eigenvalue weighted by Gasteiger charge is 2.00. The lowest BCUT2D eigenvalue weighted by atomic mass is 10.8. The summed E-state index contributed by atoms with van der Waals surface area (Å²) in [6.45, 7) is 2.22. The molecule has 0 saturated heterocycles. The Bertz CT molecular complexity index is 215. The lowest BCUT2D eigenvalue weighted by Gasteiger charge is -1.92. The van der Waals surface area contributed by atoms with Crippen molar-refractivity contribution in [1.82, 2.24) is 10.2 Å². The predicted molar refractivity (Wildman–Crippen MR) is 39.9 cm³/mol. The fraction of sp³-hybridized carbons (Fsp3) is 0.600. The third kappa shape index (κ3) is 2.87. The van der Waals surface area contributed by atoms with Crippen LogP contribution in [0.4, 0.5) is 0 Å². The molecule has 0 aliphatic heterocycles. The number of aryl methyl sites for hydroxylation is 1. The topological polar surface area (TPSA) is 74.2 Å². The predicted octanol–water partition coefficient (Wildman–Crippen LogP) is 0.360. The molecule has 62 valence electrons. The molecule has 0 aliphatic carbocycles. The average Bonchev–Trinajstić information content (AvgIpc) is 2.37. The molecule has 0 radical (unpaired) electrons. The normalized spacial score (nSPS) is 10.4. The van der Waals surface area contributed by atoms with Crippen molar-refractivity contribution in [2.75, 3.05) is 12.4 Å². The molecule has 0 saturated carbocycles. The van der Waals surface area contributed by atoms with Gasteiger partial charge in [-0.1, -0.05) is 11.8 Å². The molecule has 0 fully saturated rings. The minimum Gasteiger partial charge on any atom is -0.416 e. The number of aromatic nitrogens is 2. The van der Waals surface area contributed by atoms with Gasteiger partial charge in [-0.05, 0) is 0 Å². The lowest BCUT2D eigenvalue weighted by Crippen LogP contribution is -2.02. The van der Waals surface area contributed by atoms with Crippen molar-refractivity contribution in [3.63, 3.8) is 0 Å². The van der Waals surface area contributed by atoms with E-state index in [0.29, 0.717) is 17.7 Å². The SMILES string of the molecule is Cc1nnc(SCCON)o1. The van der Waals surface area contributed by atoms with Gasteiger partial charge in [0.2, 0.25) is 5.89 Å². The molecule has 1 rings (SSSR count). The van der Waals surface area contributed by atoms with Crippen LogP contribution < -0.4 is 5.90 Å². The smallest absolute Gasteiger partial charge is 0.276 e. The first-order valence-electron chi connectivity index (χ1n) is 3.07. The van der Waals surface area contributed by atoms with Crippen LogP contribution in [0.3, 0.4) is 0 Å². The van der Waals surface area contributed by atoms with Crippen LogP contribution >= 0.6 is 11.8 Å². The molecule has 5 nitrogen and oxygen atoms in total. The maximum absolute atomic E-state index is 5.07. The Morgan fingerprint density at radius 1 is 1.64 bits per heavy atom. The van der Waals surface area contributed by atoms with E-state index < -0.39 is 0 Å². The number of hydrogen-bond acceptors (Lipinski definition) is 6. The van der Waals surface area contributed by atoms with Crippen LogP contribution in [0, 0.1) is 6.92 Å². The standard InChI is InChI=1S/C5H9N3O2S/c1-4-7-8-5(10-4)11-3-2-9-6/h2-3,6H2,1H3. The van der Waals surface area contributed by atoms with E-state index in [0.717, 1.165) is 5.75 Å². The molecule has 0 spiro atoms. The van der Waals surface area contributed by atoms with E-state index in [2.05, 4.69) is 15.0 Å². The van der Waals surface area contributed by atoms with Gasteiger partial charge in [0.15, 0.2) is 0 Å².